The maximum absolute atomic E-state index is 11.4. The second kappa shape index (κ2) is 3.93. The molecule has 0 radical (unpaired) electrons. The smallest absolute Gasteiger partial charge is 0.374 e. The van der Waals surface area contributed by atoms with E-state index in [2.05, 4.69) is 4.74 Å². The minimum Gasteiger partial charge on any atom is -0.507 e. The Hall–Kier alpha value is -2.30. The zero-order valence-corrected chi connectivity index (χ0v) is 9.31. The Labute approximate surface area is 96.6 Å². The molecule has 5 nitrogen and oxygen atoms in total. The number of esters is 1. The van der Waals surface area contributed by atoms with E-state index in [1.165, 1.54) is 13.2 Å². The fourth-order valence-corrected chi connectivity index (χ4v) is 1.70. The van der Waals surface area contributed by atoms with Crippen LogP contribution in [0.5, 0.6) is 5.75 Å². The van der Waals surface area contributed by atoms with E-state index in [-0.39, 0.29) is 22.7 Å². The van der Waals surface area contributed by atoms with Gasteiger partial charge in [0.25, 0.3) is 0 Å². The van der Waals surface area contributed by atoms with Gasteiger partial charge in [-0.05, 0) is 19.1 Å². The van der Waals surface area contributed by atoms with E-state index in [0.29, 0.717) is 17.2 Å². The standard InChI is InChI=1S/C12H10O5/c1-6-7-3-4-9(14)8(5-13)11(7)17-10(6)12(15)16-2/h3-5,14H,1-2H3. The molecule has 2 aromatic rings. The Bertz CT molecular complexity index is 609. The number of rotatable bonds is 2. The van der Waals surface area contributed by atoms with Crippen molar-refractivity contribution in [1.29, 1.82) is 0 Å². The molecule has 0 atom stereocenters. The average Bonchev–Trinajstić information content (AvgIpc) is 2.66. The summed E-state index contributed by atoms with van der Waals surface area (Å²) in [5, 5.41) is 10.1. The number of aldehydes is 1. The highest BCUT2D eigenvalue weighted by atomic mass is 16.5. The number of carbonyl (C=O) groups excluding carboxylic acids is 2. The number of methoxy groups -OCH3 is 1. The quantitative estimate of drug-likeness (QED) is 0.635. The lowest BCUT2D eigenvalue weighted by Gasteiger charge is -1.96. The van der Waals surface area contributed by atoms with Crippen LogP contribution in [-0.4, -0.2) is 24.5 Å². The van der Waals surface area contributed by atoms with Crippen molar-refractivity contribution in [3.8, 4) is 5.75 Å². The number of aromatic hydroxyl groups is 1. The first kappa shape index (κ1) is 11.2. The first-order valence-corrected chi connectivity index (χ1v) is 4.88. The van der Waals surface area contributed by atoms with Crippen molar-refractivity contribution in [3.63, 3.8) is 0 Å². The molecular formula is C12H10O5. The summed E-state index contributed by atoms with van der Waals surface area (Å²) in [7, 11) is 1.24. The second-order valence-corrected chi connectivity index (χ2v) is 3.54. The van der Waals surface area contributed by atoms with Crippen molar-refractivity contribution in [3.05, 3.63) is 29.0 Å². The molecule has 0 bridgehead atoms. The first-order chi connectivity index (χ1) is 8.10. The number of furan rings is 1. The summed E-state index contributed by atoms with van der Waals surface area (Å²) >= 11 is 0. The third-order valence-corrected chi connectivity index (χ3v) is 2.61. The van der Waals surface area contributed by atoms with E-state index in [1.807, 2.05) is 0 Å². The molecule has 5 heteroatoms. The minimum absolute atomic E-state index is 0.0285. The molecule has 0 unspecified atom stereocenters. The maximum Gasteiger partial charge on any atom is 0.374 e. The lowest BCUT2D eigenvalue weighted by Crippen LogP contribution is -2.00. The van der Waals surface area contributed by atoms with Gasteiger partial charge in [0, 0.05) is 10.9 Å². The zero-order chi connectivity index (χ0) is 12.6. The largest absolute Gasteiger partial charge is 0.507 e. The number of aryl methyl sites for hydroxylation is 1. The molecule has 0 saturated carbocycles. The van der Waals surface area contributed by atoms with Crippen LogP contribution in [0.15, 0.2) is 16.5 Å². The molecule has 2 rings (SSSR count). The van der Waals surface area contributed by atoms with Gasteiger partial charge in [0.15, 0.2) is 6.29 Å². The molecule has 0 aliphatic heterocycles. The number of benzene rings is 1. The molecule has 0 aliphatic carbocycles. The second-order valence-electron chi connectivity index (χ2n) is 3.54. The van der Waals surface area contributed by atoms with Gasteiger partial charge in [-0.15, -0.1) is 0 Å². The number of fused-ring (bicyclic) bond motifs is 1. The topological polar surface area (TPSA) is 76.7 Å². The van der Waals surface area contributed by atoms with Crippen LogP contribution in [0.25, 0.3) is 11.0 Å². The summed E-state index contributed by atoms with van der Waals surface area (Å²) < 4.78 is 9.86. The highest BCUT2D eigenvalue weighted by molar-refractivity contribution is 6.03. The normalized spacial score (nSPS) is 10.5. The summed E-state index contributed by atoms with van der Waals surface area (Å²) in [6.07, 6.45) is 0.488. The molecule has 1 heterocycles. The Balaban J connectivity index is 2.81. The first-order valence-electron chi connectivity index (χ1n) is 4.88. The number of hydrogen-bond donors (Lipinski definition) is 1. The maximum atomic E-state index is 11.4. The third-order valence-electron chi connectivity index (χ3n) is 2.61. The van der Waals surface area contributed by atoms with Crippen LogP contribution < -0.4 is 0 Å². The van der Waals surface area contributed by atoms with E-state index >= 15 is 0 Å². The van der Waals surface area contributed by atoms with Gasteiger partial charge in [-0.3, -0.25) is 4.79 Å². The van der Waals surface area contributed by atoms with Crippen LogP contribution in [-0.2, 0) is 4.74 Å². The van der Waals surface area contributed by atoms with E-state index < -0.39 is 5.97 Å². The molecule has 1 aromatic carbocycles. The van der Waals surface area contributed by atoms with Gasteiger partial charge >= 0.3 is 5.97 Å². The Morgan fingerprint density at radius 1 is 1.47 bits per heavy atom. The monoisotopic (exact) mass is 234 g/mol. The van der Waals surface area contributed by atoms with E-state index in [1.54, 1.807) is 13.0 Å². The molecule has 0 aliphatic rings. The van der Waals surface area contributed by atoms with Crippen molar-refractivity contribution in [2.24, 2.45) is 0 Å². The fourth-order valence-electron chi connectivity index (χ4n) is 1.70. The van der Waals surface area contributed by atoms with Crippen LogP contribution in [0.3, 0.4) is 0 Å². The summed E-state index contributed by atoms with van der Waals surface area (Å²) in [6, 6.07) is 2.97. The number of hydrogen-bond acceptors (Lipinski definition) is 5. The highest BCUT2D eigenvalue weighted by Gasteiger charge is 2.21. The third kappa shape index (κ3) is 1.56. The van der Waals surface area contributed by atoms with Crippen LogP contribution >= 0.6 is 0 Å². The Morgan fingerprint density at radius 2 is 2.18 bits per heavy atom. The summed E-state index contributed by atoms with van der Waals surface area (Å²) in [5.74, 6) is -0.760. The van der Waals surface area contributed by atoms with Gasteiger partial charge < -0.3 is 14.3 Å². The predicted molar refractivity (Wildman–Crippen MR) is 59.3 cm³/mol. The summed E-state index contributed by atoms with van der Waals surface area (Å²) in [5.41, 5.74) is 0.800. The van der Waals surface area contributed by atoms with Crippen LogP contribution in [0.4, 0.5) is 0 Å². The molecule has 88 valence electrons. The van der Waals surface area contributed by atoms with Crippen LogP contribution in [0, 0.1) is 6.92 Å². The van der Waals surface area contributed by atoms with Gasteiger partial charge in [0.2, 0.25) is 5.76 Å². The molecule has 1 aromatic heterocycles. The molecule has 0 saturated heterocycles. The Kier molecular flexibility index (Phi) is 2.59. The molecule has 17 heavy (non-hydrogen) atoms. The van der Waals surface area contributed by atoms with Crippen molar-refractivity contribution in [2.75, 3.05) is 7.11 Å². The fraction of sp³-hybridized carbons (Fsp3) is 0.167. The summed E-state index contributed by atoms with van der Waals surface area (Å²) in [6.45, 7) is 1.68. The lowest BCUT2D eigenvalue weighted by atomic mass is 10.1. The van der Waals surface area contributed by atoms with Crippen molar-refractivity contribution in [2.45, 2.75) is 6.92 Å². The van der Waals surface area contributed by atoms with Crippen molar-refractivity contribution < 1.29 is 23.8 Å². The Morgan fingerprint density at radius 3 is 2.76 bits per heavy atom. The molecule has 1 N–H and O–H groups in total. The minimum atomic E-state index is -0.616. The number of phenols is 1. The SMILES string of the molecule is COC(=O)c1oc2c(C=O)c(O)ccc2c1C. The van der Waals surface area contributed by atoms with Crippen LogP contribution in [0.1, 0.15) is 26.5 Å². The molecule has 0 amide bonds. The number of phenolic OH excluding ortho intramolecular Hbond substituents is 1. The van der Waals surface area contributed by atoms with Crippen LogP contribution in [0.2, 0.25) is 0 Å². The highest BCUT2D eigenvalue weighted by Crippen LogP contribution is 2.32. The zero-order valence-electron chi connectivity index (χ0n) is 9.31. The van der Waals surface area contributed by atoms with Gasteiger partial charge in [0.1, 0.15) is 11.3 Å². The number of carbonyl (C=O) groups is 2. The predicted octanol–water partition coefficient (Wildman–Crippen LogP) is 2.05. The van der Waals surface area contributed by atoms with E-state index in [0.717, 1.165) is 0 Å². The van der Waals surface area contributed by atoms with Gasteiger partial charge in [0.05, 0.1) is 12.7 Å². The van der Waals surface area contributed by atoms with Gasteiger partial charge in [-0.1, -0.05) is 0 Å². The average molecular weight is 234 g/mol. The number of ether oxygens (including phenoxy) is 1. The lowest BCUT2D eigenvalue weighted by molar-refractivity contribution is 0.0566. The van der Waals surface area contributed by atoms with E-state index in [9.17, 15) is 14.7 Å². The van der Waals surface area contributed by atoms with Crippen molar-refractivity contribution >= 4 is 23.2 Å². The van der Waals surface area contributed by atoms with Crippen molar-refractivity contribution in [1.82, 2.24) is 0 Å². The summed E-state index contributed by atoms with van der Waals surface area (Å²) in [4.78, 5) is 22.3. The van der Waals surface area contributed by atoms with Gasteiger partial charge in [-0.25, -0.2) is 4.79 Å². The van der Waals surface area contributed by atoms with E-state index in [4.69, 9.17) is 4.42 Å². The molecule has 0 fully saturated rings. The van der Waals surface area contributed by atoms with Gasteiger partial charge in [-0.2, -0.15) is 0 Å². The molecule has 0 spiro atoms. The molecular weight excluding hydrogens is 224 g/mol.